The Morgan fingerprint density at radius 3 is 0.722 bits per heavy atom. The highest BCUT2D eigenvalue weighted by Crippen LogP contribution is 2.64. The van der Waals surface area contributed by atoms with Crippen LogP contribution < -0.4 is 10.6 Å². The Kier molecular flexibility index (Phi) is 13.2. The van der Waals surface area contributed by atoms with Crippen molar-refractivity contribution in [1.82, 2.24) is 10.6 Å². The predicted octanol–water partition coefficient (Wildman–Crippen LogP) is 7.87. The van der Waals surface area contributed by atoms with Gasteiger partial charge in [-0.25, -0.2) is 0 Å². The molecule has 0 radical (unpaired) electrons. The summed E-state index contributed by atoms with van der Waals surface area (Å²) in [7, 11) is 0. The number of carbonyl (C=O) groups is 2. The molecule has 0 aromatic carbocycles. The van der Waals surface area contributed by atoms with Gasteiger partial charge in [0.15, 0.2) is 0 Å². The normalized spacial score (nSPS) is 16.1. The number of hydrogen-bond donors (Lipinski definition) is 3. The molecule has 54 heavy (non-hydrogen) atoms. The van der Waals surface area contributed by atoms with Gasteiger partial charge in [0.1, 0.15) is 0 Å². The second kappa shape index (κ2) is 13.9. The van der Waals surface area contributed by atoms with Crippen molar-refractivity contribution < 1.29 is 138 Å². The summed E-state index contributed by atoms with van der Waals surface area (Å²) in [6, 6.07) is 0. The highest BCUT2D eigenvalue weighted by Gasteiger charge is 2.95. The van der Waals surface area contributed by atoms with E-state index in [4.69, 9.17) is 0 Å². The van der Waals surface area contributed by atoms with Gasteiger partial charge in [0, 0.05) is 13.1 Å². The fourth-order valence-corrected chi connectivity index (χ4v) is 3.17. The molecule has 0 saturated heterocycles. The number of rotatable bonds is 18. The summed E-state index contributed by atoms with van der Waals surface area (Å²) < 4.78 is 375. The fraction of sp³-hybridized carbons (Fsp3) is 0.895. The van der Waals surface area contributed by atoms with Gasteiger partial charge in [-0.3, -0.25) is 9.59 Å². The summed E-state index contributed by atoms with van der Waals surface area (Å²) in [5.74, 6) is -109. The number of hydrogen-bond acceptors (Lipinski definition) is 3. The van der Waals surface area contributed by atoms with Gasteiger partial charge in [-0.05, 0) is 23.2 Å². The van der Waals surface area contributed by atoms with Crippen LogP contribution in [0, 0.1) is 0 Å². The Balaban J connectivity index is 6.21. The maximum atomic E-state index is 13.8. The average Bonchev–Trinajstić information content (AvgIpc) is 2.95. The van der Waals surface area contributed by atoms with E-state index in [2.05, 4.69) is 23.2 Å². The minimum absolute atomic E-state index is 0.0189. The lowest BCUT2D eigenvalue weighted by Crippen LogP contribution is -2.74. The van der Waals surface area contributed by atoms with E-state index in [1.807, 2.05) is 0 Å². The van der Waals surface area contributed by atoms with Crippen LogP contribution in [0.1, 0.15) is 0 Å². The van der Waals surface area contributed by atoms with Crippen molar-refractivity contribution in [2.75, 3.05) is 13.1 Å². The van der Waals surface area contributed by atoms with E-state index in [9.17, 15) is 138 Å². The molecule has 0 aliphatic rings. The minimum Gasteiger partial charge on any atom is -0.389 e. The van der Waals surface area contributed by atoms with E-state index in [1.54, 1.807) is 0 Å². The number of alkyl halides is 30. The van der Waals surface area contributed by atoms with Crippen LogP contribution in [0.4, 0.5) is 123 Å². The molecule has 0 bridgehead atoms. The first-order valence-corrected chi connectivity index (χ1v) is 12.6. The largest absolute Gasteiger partial charge is 0.393 e. The summed E-state index contributed by atoms with van der Waals surface area (Å²) in [5, 5.41) is -4.77. The van der Waals surface area contributed by atoms with Crippen molar-refractivity contribution in [2.45, 2.75) is 87.9 Å². The molecule has 0 spiro atoms. The van der Waals surface area contributed by atoms with Gasteiger partial charge >= 0.3 is 81.8 Å². The minimum atomic E-state index is -8.74. The van der Waals surface area contributed by atoms with Crippen molar-refractivity contribution in [3.05, 3.63) is 0 Å². The molecule has 0 aliphatic carbocycles. The molecule has 0 aromatic heterocycles. The first kappa shape index (κ1) is 51.5. The predicted molar refractivity (Wildman–Crippen MR) is 113 cm³/mol. The molecular formula is C19H8Cl2F28N2O3. The third-order valence-electron chi connectivity index (χ3n) is 6.22. The molecule has 322 valence electrons. The number of nitrogens with one attached hydrogen (secondary N) is 2. The summed E-state index contributed by atoms with van der Waals surface area (Å²) in [6.07, 6.45) is -3.39. The van der Waals surface area contributed by atoms with Crippen LogP contribution in [-0.4, -0.2) is 118 Å². The van der Waals surface area contributed by atoms with Crippen molar-refractivity contribution in [1.29, 1.82) is 0 Å². The molecule has 0 fully saturated rings. The Labute approximate surface area is 285 Å². The SMILES string of the molecule is O=C(NCC(O)CNC(=O)C(F)(F)C(F)(F)C(F)(F)C(F)(F)C(F)(F)C(F)(F)C(F)(F)Cl)C(F)(F)C(F)(F)C(F)(F)C(F)(F)C(F)(F)C(F)(F)C(F)(F)Cl. The van der Waals surface area contributed by atoms with Crippen molar-refractivity contribution in [3.63, 3.8) is 0 Å². The molecule has 0 heterocycles. The van der Waals surface area contributed by atoms with Gasteiger partial charge in [0.25, 0.3) is 11.8 Å². The molecule has 0 atom stereocenters. The molecule has 0 unspecified atom stereocenters. The maximum Gasteiger partial charge on any atom is 0.393 e. The van der Waals surface area contributed by atoms with Crippen LogP contribution in [0.15, 0.2) is 0 Å². The van der Waals surface area contributed by atoms with Crippen molar-refractivity contribution in [2.24, 2.45) is 0 Å². The number of amides is 2. The number of halogens is 30. The zero-order valence-electron chi connectivity index (χ0n) is 23.6. The third-order valence-corrected chi connectivity index (χ3v) is 6.70. The van der Waals surface area contributed by atoms with Crippen LogP contribution in [0.25, 0.3) is 0 Å². The van der Waals surface area contributed by atoms with Gasteiger partial charge in [-0.2, -0.15) is 123 Å². The standard InChI is InChI=1S/C19H8Cl2F28N2O3/c20-18(46,47)16(42,43)14(38,39)12(34,35)10(30,31)8(26,27)6(22,23)4(53)50-1-3(52)2-51-5(54)7(24,25)9(28,29)11(32,33)13(36,37)15(40,41)17(44,45)19(21,48)49/h3,52H,1-2H2,(H,50,53)(H,51,54). The summed E-state index contributed by atoms with van der Waals surface area (Å²) in [6.45, 7) is -5.08. The second-order valence-electron chi connectivity index (χ2n) is 9.96. The van der Waals surface area contributed by atoms with Gasteiger partial charge in [-0.15, -0.1) is 0 Å². The number of aliphatic hydroxyl groups is 1. The van der Waals surface area contributed by atoms with Crippen LogP contribution in [0.3, 0.4) is 0 Å². The van der Waals surface area contributed by atoms with E-state index in [-0.39, 0.29) is 10.6 Å². The lowest BCUT2D eigenvalue weighted by molar-refractivity contribution is -0.431. The Bertz CT molecular complexity index is 1290. The number of carbonyl (C=O) groups excluding carboxylic acids is 2. The molecule has 3 N–H and O–H groups in total. The molecule has 0 aliphatic heterocycles. The Morgan fingerprint density at radius 2 is 0.537 bits per heavy atom. The Hall–Kier alpha value is -2.48. The molecular weight excluding hydrogens is 907 g/mol. The molecule has 0 rings (SSSR count). The lowest BCUT2D eigenvalue weighted by Gasteiger charge is -2.41. The topological polar surface area (TPSA) is 78.4 Å². The first-order valence-electron chi connectivity index (χ1n) is 11.9. The Morgan fingerprint density at radius 1 is 0.370 bits per heavy atom. The molecule has 35 heteroatoms. The van der Waals surface area contributed by atoms with Gasteiger partial charge in [0.2, 0.25) is 0 Å². The highest BCUT2D eigenvalue weighted by atomic mass is 35.5. The third kappa shape index (κ3) is 7.17. The van der Waals surface area contributed by atoms with Gasteiger partial charge in [-0.1, -0.05) is 0 Å². The van der Waals surface area contributed by atoms with Crippen LogP contribution in [0.5, 0.6) is 0 Å². The summed E-state index contributed by atoms with van der Waals surface area (Å²) >= 11 is 6.71. The monoisotopic (exact) mass is 914 g/mol. The highest BCUT2D eigenvalue weighted by molar-refractivity contribution is 6.22. The maximum absolute atomic E-state index is 13.8. The molecule has 0 aromatic rings. The van der Waals surface area contributed by atoms with Gasteiger partial charge in [0.05, 0.1) is 6.10 Å². The summed E-state index contributed by atoms with van der Waals surface area (Å²) in [5.41, 5.74) is 0. The van der Waals surface area contributed by atoms with E-state index in [0.29, 0.717) is 0 Å². The van der Waals surface area contributed by atoms with E-state index < -0.39 is 113 Å². The number of aliphatic hydroxyl groups excluding tert-OH is 1. The average molecular weight is 915 g/mol. The van der Waals surface area contributed by atoms with Crippen molar-refractivity contribution in [3.8, 4) is 0 Å². The van der Waals surface area contributed by atoms with Crippen LogP contribution >= 0.6 is 23.2 Å². The molecule has 0 saturated carbocycles. The van der Waals surface area contributed by atoms with Gasteiger partial charge < -0.3 is 15.7 Å². The van der Waals surface area contributed by atoms with E-state index in [1.165, 1.54) is 0 Å². The molecule has 2 amide bonds. The first-order chi connectivity index (χ1) is 22.9. The van der Waals surface area contributed by atoms with Crippen molar-refractivity contribution >= 4 is 35.0 Å². The molecule has 5 nitrogen and oxygen atoms in total. The van der Waals surface area contributed by atoms with Crippen LogP contribution in [0.2, 0.25) is 0 Å². The quantitative estimate of drug-likeness (QED) is 0.0969. The second-order valence-corrected chi connectivity index (χ2v) is 10.9. The van der Waals surface area contributed by atoms with Crippen LogP contribution in [-0.2, 0) is 9.59 Å². The van der Waals surface area contributed by atoms with E-state index >= 15 is 0 Å². The zero-order valence-corrected chi connectivity index (χ0v) is 25.1. The zero-order chi connectivity index (χ0) is 44.6. The smallest absolute Gasteiger partial charge is 0.389 e. The van der Waals surface area contributed by atoms with E-state index in [0.717, 1.165) is 0 Å². The summed E-state index contributed by atoms with van der Waals surface area (Å²) in [4.78, 5) is 22.6. The fourth-order valence-electron chi connectivity index (χ4n) is 2.93. The lowest BCUT2D eigenvalue weighted by atomic mass is 9.91.